The van der Waals surface area contributed by atoms with Crippen molar-refractivity contribution in [3.63, 3.8) is 0 Å². The molecule has 0 fully saturated rings. The maximum absolute atomic E-state index is 2.71. The summed E-state index contributed by atoms with van der Waals surface area (Å²) in [7, 11) is 0. The van der Waals surface area contributed by atoms with Crippen LogP contribution in [0, 0.1) is 13.8 Å². The first-order valence-corrected chi connectivity index (χ1v) is 26.2. The van der Waals surface area contributed by atoms with Crippen LogP contribution >= 0.6 is 11.3 Å². The maximum atomic E-state index is 2.71. The molecule has 3 heterocycles. The average molecular weight is 907 g/mol. The average Bonchev–Trinajstić information content (AvgIpc) is 3.67. The molecule has 4 heteroatoms. The molecule has 0 atom stereocenters. The summed E-state index contributed by atoms with van der Waals surface area (Å²) in [6.45, 7) is 31.5. The van der Waals surface area contributed by atoms with Gasteiger partial charge in [-0.05, 0) is 187 Å². The largest absolute Gasteiger partial charge is 0.311 e. The second kappa shape index (κ2) is 14.5. The number of anilines is 6. The van der Waals surface area contributed by atoms with E-state index in [1.165, 1.54) is 146 Å². The van der Waals surface area contributed by atoms with Crippen molar-refractivity contribution in [3.8, 4) is 11.1 Å². The molecule has 0 amide bonds. The van der Waals surface area contributed by atoms with E-state index < -0.39 is 0 Å². The number of hydrogen-bond acceptors (Lipinski definition) is 3. The zero-order valence-corrected chi connectivity index (χ0v) is 43.6. The Morgan fingerprint density at radius 2 is 1.00 bits per heavy atom. The minimum atomic E-state index is 0.00547. The van der Waals surface area contributed by atoms with Crippen LogP contribution in [0.15, 0.2) is 121 Å². The fraction of sp³-hybridized carbons (Fsp3) is 0.344. The lowest BCUT2D eigenvalue weighted by molar-refractivity contribution is 0.332. The molecular formula is C64H67BN2S. The fourth-order valence-corrected chi connectivity index (χ4v) is 14.2. The van der Waals surface area contributed by atoms with Gasteiger partial charge in [-0.25, -0.2) is 0 Å². The molecule has 342 valence electrons. The number of benzene rings is 7. The van der Waals surface area contributed by atoms with Crippen molar-refractivity contribution >= 4 is 88.7 Å². The van der Waals surface area contributed by atoms with Gasteiger partial charge in [0.2, 0.25) is 0 Å². The second-order valence-electron chi connectivity index (χ2n) is 24.8. The summed E-state index contributed by atoms with van der Waals surface area (Å²) in [6.07, 6.45) is 4.75. The predicted molar refractivity (Wildman–Crippen MR) is 298 cm³/mol. The molecule has 2 nitrogen and oxygen atoms in total. The number of rotatable bonds is 3. The molecule has 68 heavy (non-hydrogen) atoms. The van der Waals surface area contributed by atoms with Crippen molar-refractivity contribution in [2.24, 2.45) is 0 Å². The highest BCUT2D eigenvalue weighted by Crippen LogP contribution is 2.54. The van der Waals surface area contributed by atoms with Crippen LogP contribution in [0.25, 0.3) is 31.3 Å². The Bertz CT molecular complexity index is 3430. The SMILES string of the molecule is Cc1cc(C(C)(C)C)ccc1N1c2cc3c(cc2B2c4c1cc(-c1ccccc1)cc4N(c1ccccc1C)c1ccc4c(sc5cc6c(cc54)C(C)(C)CCC6(C)C)c12)C(C)(C)CCC3(C)C. The van der Waals surface area contributed by atoms with Crippen LogP contribution in [0.5, 0.6) is 0 Å². The van der Waals surface area contributed by atoms with Crippen LogP contribution in [0.4, 0.5) is 34.1 Å². The Labute approximate surface area is 410 Å². The number of nitrogens with zero attached hydrogens (tertiary/aromatic N) is 2. The molecule has 12 rings (SSSR count). The quantitative estimate of drug-likeness (QED) is 0.163. The van der Waals surface area contributed by atoms with Gasteiger partial charge in [-0.1, -0.05) is 149 Å². The number of hydrogen-bond donors (Lipinski definition) is 0. The Balaban J connectivity index is 1.26. The van der Waals surface area contributed by atoms with Crippen LogP contribution in [-0.2, 0) is 27.1 Å². The number of thiophene rings is 1. The van der Waals surface area contributed by atoms with Gasteiger partial charge >= 0.3 is 0 Å². The molecule has 7 aromatic carbocycles. The van der Waals surface area contributed by atoms with Gasteiger partial charge in [0.1, 0.15) is 0 Å². The smallest absolute Gasteiger partial charge is 0.254 e. The molecule has 2 aliphatic carbocycles. The van der Waals surface area contributed by atoms with Crippen molar-refractivity contribution in [1.82, 2.24) is 0 Å². The Kier molecular flexibility index (Phi) is 9.31. The molecule has 0 saturated carbocycles. The van der Waals surface area contributed by atoms with Crippen LogP contribution in [0.3, 0.4) is 0 Å². The maximum Gasteiger partial charge on any atom is 0.254 e. The number of para-hydroxylation sites is 1. The molecule has 0 bridgehead atoms. The van der Waals surface area contributed by atoms with Gasteiger partial charge < -0.3 is 9.80 Å². The van der Waals surface area contributed by atoms with Gasteiger partial charge in [-0.15, -0.1) is 11.3 Å². The summed E-state index contributed by atoms with van der Waals surface area (Å²) in [6, 6.07) is 48.1. The third kappa shape index (κ3) is 6.34. The predicted octanol–water partition coefficient (Wildman–Crippen LogP) is 16.4. The van der Waals surface area contributed by atoms with Crippen LogP contribution < -0.4 is 26.2 Å². The van der Waals surface area contributed by atoms with E-state index in [1.807, 2.05) is 11.3 Å². The summed E-state index contributed by atoms with van der Waals surface area (Å²) < 4.78 is 2.83. The lowest BCUT2D eigenvalue weighted by Gasteiger charge is -2.48. The molecular weight excluding hydrogens is 840 g/mol. The van der Waals surface area contributed by atoms with Gasteiger partial charge in [0, 0.05) is 48.9 Å². The molecule has 4 aliphatic rings. The van der Waals surface area contributed by atoms with Crippen molar-refractivity contribution in [2.45, 2.75) is 143 Å². The van der Waals surface area contributed by atoms with E-state index in [0.29, 0.717) is 0 Å². The Hall–Kier alpha value is -5.58. The topological polar surface area (TPSA) is 6.48 Å². The van der Waals surface area contributed by atoms with E-state index >= 15 is 0 Å². The molecule has 0 spiro atoms. The van der Waals surface area contributed by atoms with Gasteiger partial charge in [0.25, 0.3) is 6.71 Å². The van der Waals surface area contributed by atoms with Gasteiger partial charge in [0.05, 0.1) is 0 Å². The molecule has 0 N–H and O–H groups in total. The van der Waals surface area contributed by atoms with E-state index in [9.17, 15) is 0 Å². The lowest BCUT2D eigenvalue weighted by Crippen LogP contribution is -2.62. The van der Waals surface area contributed by atoms with Crippen molar-refractivity contribution in [2.75, 3.05) is 9.80 Å². The minimum Gasteiger partial charge on any atom is -0.311 e. The normalized spacial score (nSPS) is 18.2. The first-order valence-electron chi connectivity index (χ1n) is 25.4. The van der Waals surface area contributed by atoms with E-state index in [4.69, 9.17) is 0 Å². The van der Waals surface area contributed by atoms with Crippen molar-refractivity contribution in [1.29, 1.82) is 0 Å². The summed E-state index contributed by atoms with van der Waals surface area (Å²) in [5.74, 6) is 0. The van der Waals surface area contributed by atoms with Crippen molar-refractivity contribution < 1.29 is 0 Å². The highest BCUT2D eigenvalue weighted by molar-refractivity contribution is 7.28. The minimum absolute atomic E-state index is 0.00547. The third-order valence-electron chi connectivity index (χ3n) is 17.4. The summed E-state index contributed by atoms with van der Waals surface area (Å²) >= 11 is 2.04. The van der Waals surface area contributed by atoms with E-state index in [2.05, 4.69) is 221 Å². The Morgan fingerprint density at radius 1 is 0.456 bits per heavy atom. The second-order valence-corrected chi connectivity index (χ2v) is 25.9. The fourth-order valence-electron chi connectivity index (χ4n) is 12.9. The van der Waals surface area contributed by atoms with E-state index in [0.717, 1.165) is 0 Å². The van der Waals surface area contributed by atoms with Crippen LogP contribution in [-0.4, -0.2) is 6.71 Å². The van der Waals surface area contributed by atoms with Crippen LogP contribution in [0.1, 0.15) is 141 Å². The lowest BCUT2D eigenvalue weighted by atomic mass is 9.33. The zero-order chi connectivity index (χ0) is 47.6. The van der Waals surface area contributed by atoms with E-state index in [1.54, 1.807) is 0 Å². The van der Waals surface area contributed by atoms with Gasteiger partial charge in [0.15, 0.2) is 0 Å². The zero-order valence-electron chi connectivity index (χ0n) is 42.8. The molecule has 0 radical (unpaired) electrons. The monoisotopic (exact) mass is 907 g/mol. The first-order chi connectivity index (χ1) is 32.1. The molecule has 8 aromatic rings. The highest BCUT2D eigenvalue weighted by atomic mass is 32.1. The summed E-state index contributed by atoms with van der Waals surface area (Å²) in [5.41, 5.74) is 24.8. The third-order valence-corrected chi connectivity index (χ3v) is 18.6. The highest BCUT2D eigenvalue weighted by Gasteiger charge is 2.48. The van der Waals surface area contributed by atoms with Crippen molar-refractivity contribution in [3.05, 3.63) is 160 Å². The standard InChI is InChI=1S/C64H67BN2S/c1-38-19-17-18-22-50(38)66-52-26-24-43-44-34-45-48(64(12,13)30-27-61(45,6)7)37-56(44)68-59(43)58(52)65-49-35-46-47(63(10,11)29-28-62(46,8)9)36-53(49)67(51-25-23-42(31-39(51)2)60(3,4)5)55-33-41(32-54(66)57(55)65)40-20-15-14-16-21-40/h14-26,31-37H,27-30H2,1-13H3. The van der Waals surface area contributed by atoms with Crippen LogP contribution in [0.2, 0.25) is 0 Å². The van der Waals surface area contributed by atoms with E-state index in [-0.39, 0.29) is 33.8 Å². The first kappa shape index (κ1) is 43.7. The number of aryl methyl sites for hydroxylation is 2. The molecule has 0 unspecified atom stereocenters. The van der Waals surface area contributed by atoms with Gasteiger partial charge in [-0.3, -0.25) is 0 Å². The summed E-state index contributed by atoms with van der Waals surface area (Å²) in [4.78, 5) is 5.35. The van der Waals surface area contributed by atoms with Gasteiger partial charge in [-0.2, -0.15) is 0 Å². The molecule has 2 aliphatic heterocycles. The Morgan fingerprint density at radius 3 is 1.62 bits per heavy atom. The molecule has 0 saturated heterocycles. The molecule has 1 aromatic heterocycles. The number of fused-ring (bicyclic) bond motifs is 10. The summed E-state index contributed by atoms with van der Waals surface area (Å²) in [5, 5.41) is 2.80.